The van der Waals surface area contributed by atoms with Crippen LogP contribution in [0.4, 0.5) is 13.2 Å². The molecule has 1 aromatic carbocycles. The third-order valence-corrected chi connectivity index (χ3v) is 8.57. The number of azo groups is 1. The van der Waals surface area contributed by atoms with Crippen LogP contribution in [0.15, 0.2) is 57.7 Å². The van der Waals surface area contributed by atoms with E-state index in [-0.39, 0.29) is 17.7 Å². The fraction of sp³-hybridized carbons (Fsp3) is 0.464. The Morgan fingerprint density at radius 2 is 1.90 bits per heavy atom. The molecule has 1 aliphatic carbocycles. The van der Waals surface area contributed by atoms with E-state index in [1.807, 2.05) is 36.7 Å². The SMILES string of the molecule is COC1CC([C]2N=NC=[N+]2C)(c2cccc(-n3cc4c(C(F)(F)F)cc([C@H](C)N5CCCC5)cn4c3=O)c2)C1. The number of hydrogen-bond donors (Lipinski definition) is 0. The number of alkyl halides is 3. The lowest BCUT2D eigenvalue weighted by atomic mass is 9.60. The summed E-state index contributed by atoms with van der Waals surface area (Å²) < 4.78 is 52.6. The molecule has 0 bridgehead atoms. The molecule has 0 unspecified atom stereocenters. The monoisotopic (exact) mass is 540 g/mol. The van der Waals surface area contributed by atoms with Gasteiger partial charge >= 0.3 is 24.4 Å². The zero-order valence-corrected chi connectivity index (χ0v) is 22.1. The van der Waals surface area contributed by atoms with Crippen molar-refractivity contribution >= 4 is 11.9 Å². The molecule has 1 atom stereocenters. The van der Waals surface area contributed by atoms with E-state index in [9.17, 15) is 18.0 Å². The van der Waals surface area contributed by atoms with Crippen LogP contribution in [-0.4, -0.2) is 58.1 Å². The zero-order valence-electron chi connectivity index (χ0n) is 22.1. The zero-order chi connectivity index (χ0) is 27.5. The molecule has 4 heterocycles. The lowest BCUT2D eigenvalue weighted by Gasteiger charge is -2.46. The highest BCUT2D eigenvalue weighted by molar-refractivity contribution is 5.58. The van der Waals surface area contributed by atoms with Gasteiger partial charge in [0.2, 0.25) is 0 Å². The first-order valence-electron chi connectivity index (χ1n) is 13.2. The Morgan fingerprint density at radius 1 is 1.15 bits per heavy atom. The number of rotatable bonds is 6. The minimum atomic E-state index is -4.61. The van der Waals surface area contributed by atoms with Crippen LogP contribution in [0.3, 0.4) is 0 Å². The summed E-state index contributed by atoms with van der Waals surface area (Å²) in [6.07, 6.45) is 4.13. The van der Waals surface area contributed by atoms with Crippen LogP contribution < -0.4 is 5.69 Å². The Hall–Kier alpha value is -3.31. The van der Waals surface area contributed by atoms with Gasteiger partial charge in [0.25, 0.3) is 0 Å². The number of hydrogen-bond acceptors (Lipinski definition) is 5. The van der Waals surface area contributed by atoms with Crippen LogP contribution >= 0.6 is 0 Å². The molecule has 3 aromatic rings. The van der Waals surface area contributed by atoms with Gasteiger partial charge in [-0.3, -0.25) is 13.9 Å². The van der Waals surface area contributed by atoms with Crippen molar-refractivity contribution < 1.29 is 22.5 Å². The van der Waals surface area contributed by atoms with E-state index in [0.29, 0.717) is 24.1 Å². The number of nitrogens with zero attached hydrogens (tertiary/aromatic N) is 6. The average Bonchev–Trinajstić information content (AvgIpc) is 3.64. The molecular formula is C28H31F3N6O2+. The van der Waals surface area contributed by atoms with E-state index in [4.69, 9.17) is 4.74 Å². The molecule has 11 heteroatoms. The summed E-state index contributed by atoms with van der Waals surface area (Å²) in [5.74, 6) is 0. The molecule has 2 fully saturated rings. The van der Waals surface area contributed by atoms with Crippen LogP contribution in [0.1, 0.15) is 55.3 Å². The molecule has 205 valence electrons. The summed E-state index contributed by atoms with van der Waals surface area (Å²) in [4.78, 5) is 15.8. The van der Waals surface area contributed by atoms with E-state index in [2.05, 4.69) is 15.1 Å². The highest BCUT2D eigenvalue weighted by atomic mass is 19.4. The van der Waals surface area contributed by atoms with E-state index in [1.54, 1.807) is 25.7 Å². The largest absolute Gasteiger partial charge is 0.418 e. The van der Waals surface area contributed by atoms with Crippen molar-refractivity contribution in [1.82, 2.24) is 13.9 Å². The number of pyridine rings is 1. The normalized spacial score (nSPS) is 24.9. The molecule has 1 radical (unpaired) electrons. The van der Waals surface area contributed by atoms with Crippen LogP contribution in [0.25, 0.3) is 11.2 Å². The van der Waals surface area contributed by atoms with Crippen LogP contribution in [-0.2, 0) is 16.3 Å². The molecule has 6 rings (SSSR count). The van der Waals surface area contributed by atoms with Gasteiger partial charge in [-0.1, -0.05) is 12.1 Å². The second kappa shape index (κ2) is 9.41. The van der Waals surface area contributed by atoms with Gasteiger partial charge in [0.1, 0.15) is 0 Å². The Morgan fingerprint density at radius 3 is 2.54 bits per heavy atom. The van der Waals surface area contributed by atoms with Crippen LogP contribution in [0.2, 0.25) is 0 Å². The van der Waals surface area contributed by atoms with Gasteiger partial charge in [-0.05, 0) is 80.1 Å². The van der Waals surface area contributed by atoms with E-state index >= 15 is 0 Å². The highest BCUT2D eigenvalue weighted by Gasteiger charge is 2.58. The minimum absolute atomic E-state index is 0.0514. The molecule has 2 aromatic heterocycles. The predicted octanol–water partition coefficient (Wildman–Crippen LogP) is 4.94. The van der Waals surface area contributed by atoms with Gasteiger partial charge in [0.05, 0.1) is 40.4 Å². The number of benzene rings is 1. The fourth-order valence-corrected chi connectivity index (χ4v) is 6.29. The van der Waals surface area contributed by atoms with Gasteiger partial charge in [-0.2, -0.15) is 13.2 Å². The Balaban J connectivity index is 1.46. The fourth-order valence-electron chi connectivity index (χ4n) is 6.29. The molecule has 0 amide bonds. The van der Waals surface area contributed by atoms with Crippen LogP contribution in [0.5, 0.6) is 0 Å². The highest BCUT2D eigenvalue weighted by Crippen LogP contribution is 2.53. The summed E-state index contributed by atoms with van der Waals surface area (Å²) in [5, 5.41) is 8.42. The first kappa shape index (κ1) is 25.9. The van der Waals surface area contributed by atoms with E-state index < -0.39 is 22.8 Å². The maximum Gasteiger partial charge on any atom is 0.418 e. The Bertz CT molecular complexity index is 1530. The maximum atomic E-state index is 14.3. The van der Waals surface area contributed by atoms with Crippen molar-refractivity contribution in [2.45, 2.75) is 56.3 Å². The molecule has 1 saturated heterocycles. The number of imidazole rings is 1. The Kier molecular flexibility index (Phi) is 6.26. The van der Waals surface area contributed by atoms with E-state index in [0.717, 1.165) is 42.1 Å². The molecular weight excluding hydrogens is 509 g/mol. The van der Waals surface area contributed by atoms with Gasteiger partial charge in [-0.15, -0.1) is 0 Å². The molecule has 39 heavy (non-hydrogen) atoms. The summed E-state index contributed by atoms with van der Waals surface area (Å²) in [6.45, 7) is 3.57. The van der Waals surface area contributed by atoms with Crippen molar-refractivity contribution in [2.24, 2.45) is 10.2 Å². The van der Waals surface area contributed by atoms with Crippen molar-refractivity contribution in [3.63, 3.8) is 0 Å². The number of fused-ring (bicyclic) bond motifs is 1. The van der Waals surface area contributed by atoms with Crippen molar-refractivity contribution in [1.29, 1.82) is 0 Å². The molecule has 0 spiro atoms. The third-order valence-electron chi connectivity index (χ3n) is 8.57. The quantitative estimate of drug-likeness (QED) is 0.416. The maximum absolute atomic E-state index is 14.3. The van der Waals surface area contributed by atoms with E-state index in [1.165, 1.54) is 16.8 Å². The lowest BCUT2D eigenvalue weighted by Crippen LogP contribution is -2.51. The number of ether oxygens (including phenoxy) is 1. The van der Waals surface area contributed by atoms with Gasteiger partial charge in [0.15, 0.2) is 0 Å². The summed E-state index contributed by atoms with van der Waals surface area (Å²) in [5.41, 5.74) is -0.111. The first-order valence-corrected chi connectivity index (χ1v) is 13.2. The van der Waals surface area contributed by atoms with Crippen molar-refractivity contribution in [3.8, 4) is 5.69 Å². The number of methoxy groups -OCH3 is 1. The topological polar surface area (TPSA) is 66.6 Å². The van der Waals surface area contributed by atoms with Crippen molar-refractivity contribution in [3.05, 3.63) is 76.1 Å². The Labute approximate surface area is 224 Å². The number of likely N-dealkylation sites (tertiary alicyclic amines) is 1. The van der Waals surface area contributed by atoms with Gasteiger partial charge < -0.3 is 4.74 Å². The average molecular weight is 541 g/mol. The van der Waals surface area contributed by atoms with Crippen molar-refractivity contribution in [2.75, 3.05) is 27.2 Å². The second-order valence-electron chi connectivity index (χ2n) is 10.8. The number of halogens is 3. The minimum Gasteiger partial charge on any atom is -0.381 e. The molecule has 0 N–H and O–H groups in total. The lowest BCUT2D eigenvalue weighted by molar-refractivity contribution is -0.489. The molecule has 8 nitrogen and oxygen atoms in total. The molecule has 1 saturated carbocycles. The van der Waals surface area contributed by atoms with Gasteiger partial charge in [-0.25, -0.2) is 9.37 Å². The standard InChI is InChI=1S/C28H31F3N6O2/c1-18(35-9-4-5-10-35)19-11-23(28(29,30)31)24-16-36(26(38)37(24)15-19)21-8-6-7-20(12-21)27(13-22(14-27)39-3)25-33-32-17-34(25)2/h6-8,11-12,15-18,22H,4-5,9-10,13-14H2,1-3H3/q+1/t18-,22?,27?/m0/s1. The first-order chi connectivity index (χ1) is 18.6. The smallest absolute Gasteiger partial charge is 0.381 e. The van der Waals surface area contributed by atoms with Gasteiger partial charge in [0, 0.05) is 25.5 Å². The van der Waals surface area contributed by atoms with Crippen LogP contribution in [0, 0.1) is 6.17 Å². The second-order valence-corrected chi connectivity index (χ2v) is 10.8. The molecule has 2 aliphatic heterocycles. The predicted molar refractivity (Wildman–Crippen MR) is 139 cm³/mol. The summed E-state index contributed by atoms with van der Waals surface area (Å²) in [7, 11) is 3.55. The summed E-state index contributed by atoms with van der Waals surface area (Å²) >= 11 is 0. The third kappa shape index (κ3) is 4.22. The molecule has 3 aliphatic rings. The summed E-state index contributed by atoms with van der Waals surface area (Å²) in [6, 6.07) is 8.35. The number of likely N-dealkylation sites (N-methyl/N-ethyl adjacent to an activating group) is 1. The number of aromatic nitrogens is 2.